The van der Waals surface area contributed by atoms with E-state index in [0.29, 0.717) is 0 Å². The van der Waals surface area contributed by atoms with Crippen molar-refractivity contribution in [3.05, 3.63) is 35.5 Å². The minimum atomic E-state index is -1.08. The maximum atomic E-state index is 12.0. The number of Topliss-reactive ketones (excluding diaryl/α,β-unsaturated/α-hetero) is 1. The lowest BCUT2D eigenvalue weighted by Gasteiger charge is -2.25. The predicted octanol–water partition coefficient (Wildman–Crippen LogP) is -0.0516. The number of anilines is 1. The standard InChI is InChI=1S/C13H7NO6/c1-19-12(17)8-9-13(18)20-7-5-3-2-4-6(7)14(9)11(16)10(8)15/h2-5H,1H3. The third-order valence-electron chi connectivity index (χ3n) is 2.98. The van der Waals surface area contributed by atoms with Gasteiger partial charge in [0, 0.05) is 0 Å². The molecule has 7 nitrogen and oxygen atoms in total. The molecule has 0 fully saturated rings. The summed E-state index contributed by atoms with van der Waals surface area (Å²) in [6, 6.07) is 6.22. The second kappa shape index (κ2) is 4.02. The van der Waals surface area contributed by atoms with E-state index >= 15 is 0 Å². The first kappa shape index (κ1) is 12.1. The largest absolute Gasteiger partial charge is 0.465 e. The Labute approximate surface area is 112 Å². The molecule has 1 aromatic carbocycles. The number of amides is 1. The zero-order valence-corrected chi connectivity index (χ0v) is 10.2. The van der Waals surface area contributed by atoms with Gasteiger partial charge in [-0.2, -0.15) is 0 Å². The smallest absolute Gasteiger partial charge is 0.361 e. The first-order valence-electron chi connectivity index (χ1n) is 5.59. The van der Waals surface area contributed by atoms with Gasteiger partial charge in [0.25, 0.3) is 5.78 Å². The number of benzene rings is 1. The Morgan fingerprint density at radius 3 is 2.60 bits per heavy atom. The number of carbonyl (C=O) groups excluding carboxylic acids is 4. The zero-order valence-electron chi connectivity index (χ0n) is 10.2. The highest BCUT2D eigenvalue weighted by molar-refractivity contribution is 6.58. The summed E-state index contributed by atoms with van der Waals surface area (Å²) in [5.41, 5.74) is -0.762. The molecular formula is C13H7NO6. The Morgan fingerprint density at radius 2 is 1.90 bits per heavy atom. The molecule has 0 bridgehead atoms. The van der Waals surface area contributed by atoms with Crippen LogP contribution in [0.3, 0.4) is 0 Å². The van der Waals surface area contributed by atoms with Gasteiger partial charge in [0.2, 0.25) is 0 Å². The minimum absolute atomic E-state index is 0.147. The Balaban J connectivity index is 2.27. The number of rotatable bonds is 1. The number of ketones is 1. The molecule has 0 N–H and O–H groups in total. The fourth-order valence-corrected chi connectivity index (χ4v) is 2.12. The number of methoxy groups -OCH3 is 1. The van der Waals surface area contributed by atoms with Crippen molar-refractivity contribution >= 4 is 29.3 Å². The average Bonchev–Trinajstić information content (AvgIpc) is 2.72. The molecule has 0 unspecified atom stereocenters. The van der Waals surface area contributed by atoms with E-state index in [1.807, 2.05) is 0 Å². The molecule has 0 aliphatic carbocycles. The van der Waals surface area contributed by atoms with Crippen molar-refractivity contribution in [3.8, 4) is 5.75 Å². The van der Waals surface area contributed by atoms with Gasteiger partial charge in [0.15, 0.2) is 11.4 Å². The molecule has 1 amide bonds. The second-order valence-corrected chi connectivity index (χ2v) is 4.04. The topological polar surface area (TPSA) is 90.0 Å². The molecule has 3 rings (SSSR count). The van der Waals surface area contributed by atoms with Gasteiger partial charge in [-0.1, -0.05) is 12.1 Å². The second-order valence-electron chi connectivity index (χ2n) is 4.04. The molecule has 7 heteroatoms. The van der Waals surface area contributed by atoms with Crippen molar-refractivity contribution < 1.29 is 28.7 Å². The molecule has 0 spiro atoms. The molecule has 2 aliphatic heterocycles. The van der Waals surface area contributed by atoms with Gasteiger partial charge in [-0.3, -0.25) is 14.5 Å². The molecule has 0 saturated heterocycles. The van der Waals surface area contributed by atoms with Crippen LogP contribution in [0.1, 0.15) is 0 Å². The third-order valence-corrected chi connectivity index (χ3v) is 2.98. The van der Waals surface area contributed by atoms with Gasteiger partial charge in [0.1, 0.15) is 5.57 Å². The van der Waals surface area contributed by atoms with E-state index in [1.54, 1.807) is 12.1 Å². The van der Waals surface area contributed by atoms with Crippen LogP contribution in [0.4, 0.5) is 5.69 Å². The molecule has 2 heterocycles. The number of carbonyl (C=O) groups is 4. The quantitative estimate of drug-likeness (QED) is 0.308. The van der Waals surface area contributed by atoms with Gasteiger partial charge in [-0.05, 0) is 12.1 Å². The van der Waals surface area contributed by atoms with E-state index < -0.39 is 34.9 Å². The van der Waals surface area contributed by atoms with Gasteiger partial charge >= 0.3 is 17.8 Å². The first-order chi connectivity index (χ1) is 9.56. The summed E-state index contributed by atoms with van der Waals surface area (Å²) < 4.78 is 9.45. The number of hydrogen-bond acceptors (Lipinski definition) is 6. The fraction of sp³-hybridized carbons (Fsp3) is 0.0769. The molecule has 100 valence electrons. The van der Waals surface area contributed by atoms with E-state index in [0.717, 1.165) is 12.0 Å². The van der Waals surface area contributed by atoms with Crippen LogP contribution in [-0.4, -0.2) is 30.7 Å². The summed E-state index contributed by atoms with van der Waals surface area (Å²) in [4.78, 5) is 48.3. The Hall–Kier alpha value is -2.96. The van der Waals surface area contributed by atoms with Crippen LogP contribution >= 0.6 is 0 Å². The van der Waals surface area contributed by atoms with E-state index in [4.69, 9.17) is 4.74 Å². The average molecular weight is 273 g/mol. The molecular weight excluding hydrogens is 266 g/mol. The third kappa shape index (κ3) is 1.40. The van der Waals surface area contributed by atoms with E-state index in [9.17, 15) is 19.2 Å². The Kier molecular flexibility index (Phi) is 2.43. The summed E-state index contributed by atoms with van der Waals surface area (Å²) in [5.74, 6) is -3.90. The lowest BCUT2D eigenvalue weighted by molar-refractivity contribution is -0.140. The van der Waals surface area contributed by atoms with Crippen molar-refractivity contribution in [2.24, 2.45) is 0 Å². The zero-order chi connectivity index (χ0) is 14.4. The monoisotopic (exact) mass is 273 g/mol. The maximum absolute atomic E-state index is 12.0. The van der Waals surface area contributed by atoms with Gasteiger partial charge < -0.3 is 9.47 Å². The number of hydrogen-bond donors (Lipinski definition) is 0. The van der Waals surface area contributed by atoms with Crippen LogP contribution < -0.4 is 9.64 Å². The molecule has 0 atom stereocenters. The van der Waals surface area contributed by atoms with Gasteiger partial charge in [0.05, 0.1) is 12.8 Å². The van der Waals surface area contributed by atoms with Crippen LogP contribution in [0.5, 0.6) is 5.75 Å². The van der Waals surface area contributed by atoms with Crippen LogP contribution in [0.2, 0.25) is 0 Å². The predicted molar refractivity (Wildman–Crippen MR) is 63.6 cm³/mol. The van der Waals surface area contributed by atoms with Crippen molar-refractivity contribution in [1.82, 2.24) is 0 Å². The Morgan fingerprint density at radius 1 is 1.20 bits per heavy atom. The van der Waals surface area contributed by atoms with Crippen molar-refractivity contribution in [3.63, 3.8) is 0 Å². The Bertz CT molecular complexity index is 717. The summed E-state index contributed by atoms with van der Waals surface area (Å²) in [7, 11) is 1.05. The molecule has 20 heavy (non-hydrogen) atoms. The number of nitrogens with zero attached hydrogens (tertiary/aromatic N) is 1. The highest BCUT2D eigenvalue weighted by atomic mass is 16.5. The minimum Gasteiger partial charge on any atom is -0.465 e. The number of fused-ring (bicyclic) bond motifs is 3. The molecule has 0 radical (unpaired) electrons. The van der Waals surface area contributed by atoms with Gasteiger partial charge in [-0.15, -0.1) is 0 Å². The molecule has 1 aromatic rings. The van der Waals surface area contributed by atoms with Crippen molar-refractivity contribution in [2.75, 3.05) is 12.0 Å². The van der Waals surface area contributed by atoms with E-state index in [-0.39, 0.29) is 11.4 Å². The summed E-state index contributed by atoms with van der Waals surface area (Å²) in [6.07, 6.45) is 0. The van der Waals surface area contributed by atoms with Crippen LogP contribution in [0, 0.1) is 0 Å². The lowest BCUT2D eigenvalue weighted by Crippen LogP contribution is -2.36. The molecule has 0 aromatic heterocycles. The van der Waals surface area contributed by atoms with E-state index in [2.05, 4.69) is 4.74 Å². The molecule has 2 aliphatic rings. The normalized spacial score (nSPS) is 16.9. The maximum Gasteiger partial charge on any atom is 0.361 e. The summed E-state index contributed by atoms with van der Waals surface area (Å²) >= 11 is 0. The summed E-state index contributed by atoms with van der Waals surface area (Å²) in [6.45, 7) is 0. The number of ether oxygens (including phenoxy) is 2. The van der Waals surface area contributed by atoms with Gasteiger partial charge in [-0.25, -0.2) is 9.59 Å². The SMILES string of the molecule is COC(=O)C1=C2C(=O)Oc3ccccc3N2C(=O)C1=O. The highest BCUT2D eigenvalue weighted by Gasteiger charge is 2.49. The number of esters is 2. The number of para-hydroxylation sites is 2. The van der Waals surface area contributed by atoms with Crippen molar-refractivity contribution in [1.29, 1.82) is 0 Å². The van der Waals surface area contributed by atoms with Crippen LogP contribution in [0.25, 0.3) is 0 Å². The molecule has 0 saturated carbocycles. The highest BCUT2D eigenvalue weighted by Crippen LogP contribution is 2.40. The van der Waals surface area contributed by atoms with Crippen LogP contribution in [0.15, 0.2) is 35.5 Å². The lowest BCUT2D eigenvalue weighted by atomic mass is 10.1. The first-order valence-corrected chi connectivity index (χ1v) is 5.59. The van der Waals surface area contributed by atoms with E-state index in [1.165, 1.54) is 12.1 Å². The van der Waals surface area contributed by atoms with Crippen LogP contribution in [-0.2, 0) is 23.9 Å². The van der Waals surface area contributed by atoms with Crippen molar-refractivity contribution in [2.45, 2.75) is 0 Å². The summed E-state index contributed by atoms with van der Waals surface area (Å²) in [5, 5.41) is 0. The fourth-order valence-electron chi connectivity index (χ4n) is 2.12.